The van der Waals surface area contributed by atoms with E-state index in [2.05, 4.69) is 74.5 Å². The highest BCUT2D eigenvalue weighted by Crippen LogP contribution is 2.45. The third kappa shape index (κ3) is 1.98. The van der Waals surface area contributed by atoms with Crippen LogP contribution in [0.4, 0.5) is 0 Å². The molecule has 2 aliphatic carbocycles. The maximum atomic E-state index is 2.45. The van der Waals surface area contributed by atoms with E-state index in [0.29, 0.717) is 11.8 Å². The molecule has 2 atom stereocenters. The second-order valence-electron chi connectivity index (χ2n) is 6.32. The van der Waals surface area contributed by atoms with Crippen LogP contribution in [0, 0.1) is 0 Å². The van der Waals surface area contributed by atoms with Crippen molar-refractivity contribution in [2.75, 3.05) is 0 Å². The molecule has 2 aliphatic rings. The summed E-state index contributed by atoms with van der Waals surface area (Å²) in [5, 5.41) is 0. The molecule has 0 spiro atoms. The number of rotatable bonds is 2. The Bertz CT molecular complexity index is 696. The molecule has 2 aromatic carbocycles. The van der Waals surface area contributed by atoms with Gasteiger partial charge in [0, 0.05) is 11.8 Å². The van der Waals surface area contributed by atoms with E-state index in [1.165, 1.54) is 39.8 Å². The third-order valence-corrected chi connectivity index (χ3v) is 4.98. The van der Waals surface area contributed by atoms with E-state index in [4.69, 9.17) is 0 Å². The van der Waals surface area contributed by atoms with Crippen molar-refractivity contribution in [3.8, 4) is 0 Å². The number of hydrogen-bond donors (Lipinski definition) is 0. The van der Waals surface area contributed by atoms with Crippen LogP contribution in [0.15, 0.2) is 60.7 Å². The van der Waals surface area contributed by atoms with E-state index in [-0.39, 0.29) is 0 Å². The largest absolute Gasteiger partial charge is 0.0734 e. The Morgan fingerprint density at radius 1 is 0.667 bits per heavy atom. The standard InChI is InChI=1S/C21H20/c1-14-11-16(20-9-5-3-7-18(14)20)13-17-12-15(2)19-8-4-6-10-21(17)19/h3-12,16-17H,13H2,1-2H3/t16-,17-/m0/s1. The van der Waals surface area contributed by atoms with E-state index in [1.54, 1.807) is 0 Å². The minimum Gasteiger partial charge on any atom is -0.0734 e. The van der Waals surface area contributed by atoms with Crippen LogP contribution in [0.3, 0.4) is 0 Å². The van der Waals surface area contributed by atoms with Gasteiger partial charge in [-0.25, -0.2) is 0 Å². The van der Waals surface area contributed by atoms with Crippen molar-refractivity contribution < 1.29 is 0 Å². The summed E-state index contributed by atoms with van der Waals surface area (Å²) in [6.07, 6.45) is 6.09. The molecule has 0 saturated carbocycles. The van der Waals surface area contributed by atoms with Crippen LogP contribution in [-0.2, 0) is 0 Å². The summed E-state index contributed by atoms with van der Waals surface area (Å²) >= 11 is 0. The molecule has 0 N–H and O–H groups in total. The van der Waals surface area contributed by atoms with Gasteiger partial charge < -0.3 is 0 Å². The number of fused-ring (bicyclic) bond motifs is 2. The van der Waals surface area contributed by atoms with Gasteiger partial charge in [-0.15, -0.1) is 0 Å². The van der Waals surface area contributed by atoms with Gasteiger partial charge in [0.25, 0.3) is 0 Å². The molecule has 0 saturated heterocycles. The van der Waals surface area contributed by atoms with Gasteiger partial charge in [-0.1, -0.05) is 60.7 Å². The predicted octanol–water partition coefficient (Wildman–Crippen LogP) is 5.78. The molecule has 0 heteroatoms. The van der Waals surface area contributed by atoms with E-state index in [9.17, 15) is 0 Å². The van der Waals surface area contributed by atoms with E-state index >= 15 is 0 Å². The third-order valence-electron chi connectivity index (χ3n) is 4.98. The topological polar surface area (TPSA) is 0 Å². The maximum Gasteiger partial charge on any atom is 0.00387 e. The first-order valence-corrected chi connectivity index (χ1v) is 7.79. The lowest BCUT2D eigenvalue weighted by molar-refractivity contribution is 0.686. The van der Waals surface area contributed by atoms with Gasteiger partial charge in [0.05, 0.1) is 0 Å². The summed E-state index contributed by atoms with van der Waals surface area (Å²) in [5.41, 5.74) is 8.75. The zero-order valence-electron chi connectivity index (χ0n) is 12.6. The van der Waals surface area contributed by atoms with Gasteiger partial charge in [-0.05, 0) is 53.7 Å². The number of hydrogen-bond acceptors (Lipinski definition) is 0. The second-order valence-corrected chi connectivity index (χ2v) is 6.32. The SMILES string of the molecule is CC1=C[C@@H](C[C@@H]2C=C(C)c3ccccc32)c2ccccc21. The molecule has 0 aromatic heterocycles. The average molecular weight is 272 g/mol. The second kappa shape index (κ2) is 4.73. The molecular formula is C21H20. The van der Waals surface area contributed by atoms with Gasteiger partial charge in [0.2, 0.25) is 0 Å². The first-order chi connectivity index (χ1) is 10.2. The summed E-state index contributed by atoms with van der Waals surface area (Å²) in [7, 11) is 0. The summed E-state index contributed by atoms with van der Waals surface area (Å²) in [5.74, 6) is 1.11. The Hall–Kier alpha value is -2.08. The molecule has 21 heavy (non-hydrogen) atoms. The van der Waals surface area contributed by atoms with Crippen LogP contribution in [-0.4, -0.2) is 0 Å². The van der Waals surface area contributed by atoms with Crippen molar-refractivity contribution in [1.82, 2.24) is 0 Å². The molecule has 0 fully saturated rings. The maximum absolute atomic E-state index is 2.45. The van der Waals surface area contributed by atoms with Gasteiger partial charge in [0.1, 0.15) is 0 Å². The quantitative estimate of drug-likeness (QED) is 0.650. The van der Waals surface area contributed by atoms with E-state index in [0.717, 1.165) is 0 Å². The molecule has 0 unspecified atom stereocenters. The van der Waals surface area contributed by atoms with Crippen molar-refractivity contribution in [2.45, 2.75) is 32.1 Å². The lowest BCUT2D eigenvalue weighted by atomic mass is 9.87. The van der Waals surface area contributed by atoms with Crippen LogP contribution < -0.4 is 0 Å². The van der Waals surface area contributed by atoms with Crippen molar-refractivity contribution in [1.29, 1.82) is 0 Å². The Morgan fingerprint density at radius 3 is 1.57 bits per heavy atom. The van der Waals surface area contributed by atoms with Crippen molar-refractivity contribution in [3.63, 3.8) is 0 Å². The molecule has 4 rings (SSSR count). The Balaban J connectivity index is 1.67. The highest BCUT2D eigenvalue weighted by atomic mass is 14.3. The first kappa shape index (κ1) is 12.6. The number of benzene rings is 2. The highest BCUT2D eigenvalue weighted by molar-refractivity contribution is 5.75. The average Bonchev–Trinajstić information content (AvgIpc) is 3.00. The molecule has 0 amide bonds. The molecule has 104 valence electrons. The zero-order valence-corrected chi connectivity index (χ0v) is 12.6. The fraction of sp³-hybridized carbons (Fsp3) is 0.238. The van der Waals surface area contributed by atoms with Crippen molar-refractivity contribution in [3.05, 3.63) is 82.9 Å². The first-order valence-electron chi connectivity index (χ1n) is 7.79. The Labute approximate surface area is 126 Å². The van der Waals surface area contributed by atoms with Gasteiger partial charge in [-0.3, -0.25) is 0 Å². The summed E-state index contributed by atoms with van der Waals surface area (Å²) in [6.45, 7) is 4.48. The van der Waals surface area contributed by atoms with Crippen LogP contribution >= 0.6 is 0 Å². The van der Waals surface area contributed by atoms with Crippen molar-refractivity contribution >= 4 is 11.1 Å². The number of allylic oxidation sites excluding steroid dienone is 4. The van der Waals surface area contributed by atoms with Gasteiger partial charge in [-0.2, -0.15) is 0 Å². The minimum atomic E-state index is 0.557. The fourth-order valence-electron chi connectivity index (χ4n) is 3.99. The Kier molecular flexibility index (Phi) is 2.85. The van der Waals surface area contributed by atoms with Crippen LogP contribution in [0.25, 0.3) is 11.1 Å². The van der Waals surface area contributed by atoms with Crippen molar-refractivity contribution in [2.24, 2.45) is 0 Å². The molecule has 0 bridgehead atoms. The minimum absolute atomic E-state index is 0.557. The summed E-state index contributed by atoms with van der Waals surface area (Å²) in [6, 6.07) is 17.7. The van der Waals surface area contributed by atoms with Crippen LogP contribution in [0.5, 0.6) is 0 Å². The molecule has 0 radical (unpaired) electrons. The predicted molar refractivity (Wildman–Crippen MR) is 90.3 cm³/mol. The van der Waals surface area contributed by atoms with E-state index < -0.39 is 0 Å². The summed E-state index contributed by atoms with van der Waals surface area (Å²) in [4.78, 5) is 0. The fourth-order valence-corrected chi connectivity index (χ4v) is 3.99. The smallest absolute Gasteiger partial charge is 0.00387 e. The van der Waals surface area contributed by atoms with Gasteiger partial charge in [0.15, 0.2) is 0 Å². The molecule has 0 nitrogen and oxygen atoms in total. The zero-order chi connectivity index (χ0) is 14.4. The monoisotopic (exact) mass is 272 g/mol. The van der Waals surface area contributed by atoms with Crippen LogP contribution in [0.1, 0.15) is 54.4 Å². The molecule has 2 aromatic rings. The van der Waals surface area contributed by atoms with Gasteiger partial charge >= 0.3 is 0 Å². The Morgan fingerprint density at radius 2 is 1.10 bits per heavy atom. The van der Waals surface area contributed by atoms with Crippen LogP contribution in [0.2, 0.25) is 0 Å². The lowest BCUT2D eigenvalue weighted by Crippen LogP contribution is -2.00. The highest BCUT2D eigenvalue weighted by Gasteiger charge is 2.27. The van der Waals surface area contributed by atoms with E-state index in [1.807, 2.05) is 0 Å². The molecular weight excluding hydrogens is 252 g/mol. The molecule has 0 aliphatic heterocycles. The molecule has 0 heterocycles. The lowest BCUT2D eigenvalue weighted by Gasteiger charge is -2.16. The normalized spacial score (nSPS) is 22.6. The summed E-state index contributed by atoms with van der Waals surface area (Å²) < 4.78 is 0.